The summed E-state index contributed by atoms with van der Waals surface area (Å²) in [6.07, 6.45) is 1.41. The molecular weight excluding hydrogens is 392 g/mol. The summed E-state index contributed by atoms with van der Waals surface area (Å²) in [5.41, 5.74) is 0.766. The third-order valence-corrected chi connectivity index (χ3v) is 4.09. The van der Waals surface area contributed by atoms with Gasteiger partial charge in [0.05, 0.1) is 11.8 Å². The van der Waals surface area contributed by atoms with Crippen LogP contribution < -0.4 is 10.1 Å². The largest absolute Gasteiger partial charge is 0.441 e. The highest BCUT2D eigenvalue weighted by Crippen LogP contribution is 2.27. The number of amides is 1. The molecule has 0 aliphatic carbocycles. The molecule has 0 aliphatic rings. The van der Waals surface area contributed by atoms with Crippen molar-refractivity contribution in [2.45, 2.75) is 26.4 Å². The van der Waals surface area contributed by atoms with E-state index >= 15 is 0 Å². The fraction of sp³-hybridized carbons (Fsp3) is 0.200. The van der Waals surface area contributed by atoms with Crippen molar-refractivity contribution in [1.82, 2.24) is 4.98 Å². The summed E-state index contributed by atoms with van der Waals surface area (Å²) < 4.78 is 61.4. The molecule has 5 nitrogen and oxygen atoms in total. The highest BCUT2D eigenvalue weighted by molar-refractivity contribution is 5.91. The van der Waals surface area contributed by atoms with Gasteiger partial charge in [-0.05, 0) is 31.2 Å². The van der Waals surface area contributed by atoms with Crippen molar-refractivity contribution in [3.8, 4) is 17.1 Å². The molecule has 152 valence electrons. The van der Waals surface area contributed by atoms with Crippen LogP contribution in [0.5, 0.6) is 5.75 Å². The maximum Gasteiger partial charge on any atom is 0.387 e. The summed E-state index contributed by atoms with van der Waals surface area (Å²) in [6, 6.07) is 7.49. The summed E-state index contributed by atoms with van der Waals surface area (Å²) in [7, 11) is 0. The van der Waals surface area contributed by atoms with Crippen molar-refractivity contribution in [1.29, 1.82) is 0 Å². The number of hydrogen-bond acceptors (Lipinski definition) is 4. The fourth-order valence-corrected chi connectivity index (χ4v) is 2.65. The lowest BCUT2D eigenvalue weighted by molar-refractivity contribution is -0.116. The van der Waals surface area contributed by atoms with Crippen molar-refractivity contribution in [3.05, 3.63) is 65.7 Å². The van der Waals surface area contributed by atoms with Gasteiger partial charge in [0, 0.05) is 30.2 Å². The number of nitrogens with zero attached hydrogens (tertiary/aromatic N) is 1. The van der Waals surface area contributed by atoms with Crippen LogP contribution in [0.2, 0.25) is 0 Å². The Morgan fingerprint density at radius 2 is 2.03 bits per heavy atom. The number of carbonyl (C=O) groups excluding carboxylic acids is 1. The zero-order valence-electron chi connectivity index (χ0n) is 15.2. The molecule has 3 rings (SSSR count). The predicted octanol–water partition coefficient (Wildman–Crippen LogP) is 5.10. The molecule has 0 atom stereocenters. The van der Waals surface area contributed by atoms with Gasteiger partial charge in [0.25, 0.3) is 0 Å². The van der Waals surface area contributed by atoms with Crippen LogP contribution in [0.25, 0.3) is 11.3 Å². The molecule has 1 N–H and O–H groups in total. The van der Waals surface area contributed by atoms with Crippen LogP contribution in [0.1, 0.15) is 17.9 Å². The second-order valence-corrected chi connectivity index (χ2v) is 6.10. The number of alkyl halides is 2. The second kappa shape index (κ2) is 8.76. The zero-order valence-corrected chi connectivity index (χ0v) is 15.2. The molecule has 0 saturated carbocycles. The summed E-state index contributed by atoms with van der Waals surface area (Å²) >= 11 is 0. The Bertz CT molecular complexity index is 1020. The average molecular weight is 408 g/mol. The molecule has 0 unspecified atom stereocenters. The Morgan fingerprint density at radius 3 is 2.76 bits per heavy atom. The lowest BCUT2D eigenvalue weighted by Gasteiger charge is -2.12. The van der Waals surface area contributed by atoms with E-state index in [0.29, 0.717) is 11.3 Å². The van der Waals surface area contributed by atoms with Crippen molar-refractivity contribution < 1.29 is 31.5 Å². The number of aromatic nitrogens is 1. The molecule has 0 radical (unpaired) electrons. The van der Waals surface area contributed by atoms with E-state index in [9.17, 15) is 22.4 Å². The Morgan fingerprint density at radius 1 is 1.24 bits per heavy atom. The van der Waals surface area contributed by atoms with Gasteiger partial charge in [0.2, 0.25) is 5.91 Å². The normalized spacial score (nSPS) is 11.0. The van der Waals surface area contributed by atoms with Gasteiger partial charge in [-0.15, -0.1) is 0 Å². The van der Waals surface area contributed by atoms with Crippen LogP contribution in [-0.4, -0.2) is 17.5 Å². The number of oxazole rings is 1. The molecular formula is C20H16F4N2O3. The first-order chi connectivity index (χ1) is 13.8. The molecule has 0 aliphatic heterocycles. The van der Waals surface area contributed by atoms with Gasteiger partial charge in [-0.1, -0.05) is 6.07 Å². The van der Waals surface area contributed by atoms with Crippen LogP contribution in [-0.2, 0) is 11.2 Å². The summed E-state index contributed by atoms with van der Waals surface area (Å²) in [4.78, 5) is 16.2. The van der Waals surface area contributed by atoms with Crippen LogP contribution >= 0.6 is 0 Å². The average Bonchev–Trinajstić information content (AvgIpc) is 3.12. The standard InChI is InChI=1S/C20H16F4N2O3/c1-11-15(3-2-4-16(11)29-20(23)24)26-18(27)7-8-19-25-10-17(28-19)13-6-5-12(21)9-14(13)22/h2-6,9-10,20H,7-8H2,1H3,(H,26,27). The molecule has 1 aromatic heterocycles. The highest BCUT2D eigenvalue weighted by atomic mass is 19.3. The van der Waals surface area contributed by atoms with Crippen LogP contribution in [0.4, 0.5) is 23.2 Å². The maximum atomic E-state index is 13.8. The lowest BCUT2D eigenvalue weighted by atomic mass is 10.1. The van der Waals surface area contributed by atoms with E-state index < -0.39 is 24.2 Å². The Balaban J connectivity index is 1.61. The van der Waals surface area contributed by atoms with E-state index in [1.807, 2.05) is 0 Å². The van der Waals surface area contributed by atoms with Crippen molar-refractivity contribution in [3.63, 3.8) is 0 Å². The zero-order chi connectivity index (χ0) is 21.0. The Hall–Kier alpha value is -3.36. The van der Waals surface area contributed by atoms with Gasteiger partial charge in [0.15, 0.2) is 11.7 Å². The van der Waals surface area contributed by atoms with Crippen LogP contribution in [0, 0.1) is 18.6 Å². The molecule has 0 bridgehead atoms. The molecule has 3 aromatic rings. The van der Waals surface area contributed by atoms with Gasteiger partial charge in [-0.3, -0.25) is 4.79 Å². The van der Waals surface area contributed by atoms with Gasteiger partial charge in [-0.2, -0.15) is 8.78 Å². The van der Waals surface area contributed by atoms with Gasteiger partial charge < -0.3 is 14.5 Å². The third-order valence-electron chi connectivity index (χ3n) is 4.09. The number of nitrogens with one attached hydrogen (secondary N) is 1. The Labute approximate surface area is 163 Å². The summed E-state index contributed by atoms with van der Waals surface area (Å²) in [5, 5.41) is 2.61. The first-order valence-electron chi connectivity index (χ1n) is 8.58. The number of rotatable bonds is 7. The molecule has 2 aromatic carbocycles. The quantitative estimate of drug-likeness (QED) is 0.553. The van der Waals surface area contributed by atoms with Crippen molar-refractivity contribution in [2.24, 2.45) is 0 Å². The van der Waals surface area contributed by atoms with E-state index in [4.69, 9.17) is 4.42 Å². The predicted molar refractivity (Wildman–Crippen MR) is 96.6 cm³/mol. The van der Waals surface area contributed by atoms with E-state index in [1.54, 1.807) is 13.0 Å². The number of hydrogen-bond donors (Lipinski definition) is 1. The molecule has 1 heterocycles. The fourth-order valence-electron chi connectivity index (χ4n) is 2.65. The first kappa shape index (κ1) is 20.4. The first-order valence-corrected chi connectivity index (χ1v) is 8.58. The molecule has 0 saturated heterocycles. The molecule has 0 spiro atoms. The Kier molecular flexibility index (Phi) is 6.16. The van der Waals surface area contributed by atoms with E-state index in [-0.39, 0.29) is 35.8 Å². The number of benzene rings is 2. The van der Waals surface area contributed by atoms with Crippen LogP contribution in [0.3, 0.4) is 0 Å². The SMILES string of the molecule is Cc1c(NC(=O)CCc2ncc(-c3ccc(F)cc3F)o2)cccc1OC(F)F. The number of aryl methyl sites for hydroxylation is 1. The molecule has 1 amide bonds. The summed E-state index contributed by atoms with van der Waals surface area (Å²) in [5.74, 6) is -1.60. The molecule has 9 heteroatoms. The minimum atomic E-state index is -2.97. The second-order valence-electron chi connectivity index (χ2n) is 6.10. The summed E-state index contributed by atoms with van der Waals surface area (Å²) in [6.45, 7) is -1.42. The molecule has 0 fully saturated rings. The topological polar surface area (TPSA) is 64.4 Å². The number of anilines is 1. The van der Waals surface area contributed by atoms with Gasteiger partial charge in [-0.25, -0.2) is 13.8 Å². The lowest BCUT2D eigenvalue weighted by Crippen LogP contribution is -2.14. The van der Waals surface area contributed by atoms with Crippen molar-refractivity contribution in [2.75, 3.05) is 5.32 Å². The number of halogens is 4. The minimum Gasteiger partial charge on any atom is -0.441 e. The molecule has 29 heavy (non-hydrogen) atoms. The van der Waals surface area contributed by atoms with Gasteiger partial charge in [0.1, 0.15) is 17.4 Å². The van der Waals surface area contributed by atoms with Gasteiger partial charge >= 0.3 is 6.61 Å². The number of carbonyl (C=O) groups is 1. The smallest absolute Gasteiger partial charge is 0.387 e. The van der Waals surface area contributed by atoms with E-state index in [2.05, 4.69) is 15.0 Å². The van der Waals surface area contributed by atoms with E-state index in [1.165, 1.54) is 24.4 Å². The third kappa shape index (κ3) is 5.13. The highest BCUT2D eigenvalue weighted by Gasteiger charge is 2.15. The maximum absolute atomic E-state index is 13.8. The van der Waals surface area contributed by atoms with Crippen molar-refractivity contribution >= 4 is 11.6 Å². The number of ether oxygens (including phenoxy) is 1. The monoisotopic (exact) mass is 408 g/mol. The van der Waals surface area contributed by atoms with E-state index in [0.717, 1.165) is 12.1 Å². The van der Waals surface area contributed by atoms with Crippen LogP contribution in [0.15, 0.2) is 47.0 Å². The minimum absolute atomic E-state index is 0.00871.